The molecule has 1 aromatic rings. The van der Waals surface area contributed by atoms with Crippen LogP contribution in [0.4, 0.5) is 0 Å². The van der Waals surface area contributed by atoms with Crippen LogP contribution >= 0.6 is 0 Å². The first-order valence-electron chi connectivity index (χ1n) is 6.67. The van der Waals surface area contributed by atoms with Crippen molar-refractivity contribution in [1.29, 1.82) is 0 Å². The van der Waals surface area contributed by atoms with Gasteiger partial charge in [-0.25, -0.2) is 0 Å². The summed E-state index contributed by atoms with van der Waals surface area (Å²) in [7, 11) is 1.90. The summed E-state index contributed by atoms with van der Waals surface area (Å²) in [6.45, 7) is 7.29. The summed E-state index contributed by atoms with van der Waals surface area (Å²) in [6.07, 6.45) is 3.70. The van der Waals surface area contributed by atoms with E-state index >= 15 is 0 Å². The summed E-state index contributed by atoms with van der Waals surface area (Å²) >= 11 is 0. The zero-order valence-electron chi connectivity index (χ0n) is 11.5. The van der Waals surface area contributed by atoms with Gasteiger partial charge in [-0.2, -0.15) is 0 Å². The topological polar surface area (TPSA) is 36.7 Å². The third kappa shape index (κ3) is 2.58. The fourth-order valence-electron chi connectivity index (χ4n) is 2.59. The molecule has 0 aliphatic carbocycles. The van der Waals surface area contributed by atoms with E-state index in [1.807, 2.05) is 18.9 Å². The second-order valence-electron chi connectivity index (χ2n) is 4.97. The molecule has 1 fully saturated rings. The molecular weight excluding hydrogens is 228 g/mol. The lowest BCUT2D eigenvalue weighted by Crippen LogP contribution is -2.45. The molecule has 18 heavy (non-hydrogen) atoms. The summed E-state index contributed by atoms with van der Waals surface area (Å²) < 4.78 is 5.20. The maximum atomic E-state index is 12.3. The highest BCUT2D eigenvalue weighted by Crippen LogP contribution is 2.19. The number of likely N-dealkylation sites (tertiary alicyclic amines) is 1. The molecule has 0 radical (unpaired) electrons. The van der Waals surface area contributed by atoms with Crippen LogP contribution in [-0.2, 0) is 0 Å². The molecule has 4 heteroatoms. The minimum atomic E-state index is 0.0798. The molecule has 0 aromatic carbocycles. The number of carbonyl (C=O) groups is 1. The Hall–Kier alpha value is -1.29. The highest BCUT2D eigenvalue weighted by atomic mass is 16.3. The van der Waals surface area contributed by atoms with E-state index in [1.165, 1.54) is 0 Å². The summed E-state index contributed by atoms with van der Waals surface area (Å²) in [5, 5.41) is 0. The summed E-state index contributed by atoms with van der Waals surface area (Å²) in [4.78, 5) is 16.6. The van der Waals surface area contributed by atoms with Crippen molar-refractivity contribution in [1.82, 2.24) is 9.80 Å². The summed E-state index contributed by atoms with van der Waals surface area (Å²) in [5.41, 5.74) is 0.690. The van der Waals surface area contributed by atoms with Crippen molar-refractivity contribution < 1.29 is 9.21 Å². The van der Waals surface area contributed by atoms with E-state index in [-0.39, 0.29) is 5.91 Å². The standard InChI is InChI=1S/C14H22N2O2/c1-4-16-8-5-12(6-9-16)15(3)14(17)13-7-10-18-11(13)2/h7,10,12H,4-6,8-9H2,1-3H3. The van der Waals surface area contributed by atoms with Crippen LogP contribution in [0.2, 0.25) is 0 Å². The molecular formula is C14H22N2O2. The van der Waals surface area contributed by atoms with Gasteiger partial charge < -0.3 is 14.2 Å². The summed E-state index contributed by atoms with van der Waals surface area (Å²) in [6, 6.07) is 2.12. The third-order valence-electron chi connectivity index (χ3n) is 3.96. The van der Waals surface area contributed by atoms with Crippen LogP contribution in [0.15, 0.2) is 16.7 Å². The first-order valence-corrected chi connectivity index (χ1v) is 6.67. The molecule has 0 N–H and O–H groups in total. The molecule has 0 unspecified atom stereocenters. The van der Waals surface area contributed by atoms with Gasteiger partial charge in [-0.05, 0) is 32.4 Å². The first-order chi connectivity index (χ1) is 8.63. The summed E-state index contributed by atoms with van der Waals surface area (Å²) in [5.74, 6) is 0.786. The van der Waals surface area contributed by atoms with Crippen molar-refractivity contribution in [2.45, 2.75) is 32.7 Å². The molecule has 0 saturated carbocycles. The predicted molar refractivity (Wildman–Crippen MR) is 70.7 cm³/mol. The smallest absolute Gasteiger partial charge is 0.257 e. The van der Waals surface area contributed by atoms with Crippen molar-refractivity contribution in [3.05, 3.63) is 23.7 Å². The number of hydrogen-bond acceptors (Lipinski definition) is 3. The second-order valence-corrected chi connectivity index (χ2v) is 4.97. The lowest BCUT2D eigenvalue weighted by Gasteiger charge is -2.36. The number of aryl methyl sites for hydroxylation is 1. The number of nitrogens with zero attached hydrogens (tertiary/aromatic N) is 2. The van der Waals surface area contributed by atoms with Crippen LogP contribution in [0.3, 0.4) is 0 Å². The molecule has 1 amide bonds. The van der Waals surface area contributed by atoms with Gasteiger partial charge in [-0.15, -0.1) is 0 Å². The Morgan fingerprint density at radius 1 is 1.50 bits per heavy atom. The molecule has 4 nitrogen and oxygen atoms in total. The number of piperidine rings is 1. The zero-order chi connectivity index (χ0) is 13.1. The van der Waals surface area contributed by atoms with Gasteiger partial charge in [0.1, 0.15) is 5.76 Å². The Balaban J connectivity index is 1.98. The predicted octanol–water partition coefficient (Wildman–Crippen LogP) is 2.14. The van der Waals surface area contributed by atoms with Crippen LogP contribution in [0, 0.1) is 6.92 Å². The number of amides is 1. The van der Waals surface area contributed by atoms with E-state index < -0.39 is 0 Å². The van der Waals surface area contributed by atoms with Crippen LogP contribution in [0.25, 0.3) is 0 Å². The highest BCUT2D eigenvalue weighted by molar-refractivity contribution is 5.95. The Bertz CT molecular complexity index is 406. The Kier molecular flexibility index (Phi) is 4.07. The van der Waals surface area contributed by atoms with Gasteiger partial charge in [0, 0.05) is 26.2 Å². The molecule has 100 valence electrons. The van der Waals surface area contributed by atoms with E-state index in [0.717, 1.165) is 32.5 Å². The molecule has 0 atom stereocenters. The van der Waals surface area contributed by atoms with E-state index in [9.17, 15) is 4.79 Å². The lowest BCUT2D eigenvalue weighted by atomic mass is 10.0. The molecule has 1 aliphatic heterocycles. The molecule has 2 heterocycles. The molecule has 1 aromatic heterocycles. The van der Waals surface area contributed by atoms with Crippen molar-refractivity contribution in [2.75, 3.05) is 26.7 Å². The van der Waals surface area contributed by atoms with Crippen LogP contribution in [0.5, 0.6) is 0 Å². The van der Waals surface area contributed by atoms with Crippen molar-refractivity contribution >= 4 is 5.91 Å². The average Bonchev–Trinajstić information content (AvgIpc) is 2.83. The number of furan rings is 1. The minimum Gasteiger partial charge on any atom is -0.469 e. The fourth-order valence-corrected chi connectivity index (χ4v) is 2.59. The SMILES string of the molecule is CCN1CCC(N(C)C(=O)c2ccoc2C)CC1. The number of carbonyl (C=O) groups excluding carboxylic acids is 1. The van der Waals surface area contributed by atoms with Crippen LogP contribution < -0.4 is 0 Å². The van der Waals surface area contributed by atoms with Crippen molar-refractivity contribution in [3.63, 3.8) is 0 Å². The van der Waals surface area contributed by atoms with E-state index in [2.05, 4.69) is 11.8 Å². The Morgan fingerprint density at radius 2 is 2.17 bits per heavy atom. The second kappa shape index (κ2) is 5.57. The van der Waals surface area contributed by atoms with Gasteiger partial charge in [-0.1, -0.05) is 6.92 Å². The molecule has 0 bridgehead atoms. The first kappa shape index (κ1) is 13.1. The van der Waals surface area contributed by atoms with Gasteiger partial charge in [0.15, 0.2) is 0 Å². The quantitative estimate of drug-likeness (QED) is 0.824. The lowest BCUT2D eigenvalue weighted by molar-refractivity contribution is 0.0645. The van der Waals surface area contributed by atoms with Gasteiger partial charge >= 0.3 is 0 Å². The van der Waals surface area contributed by atoms with Gasteiger partial charge in [0.05, 0.1) is 11.8 Å². The van der Waals surface area contributed by atoms with Crippen LogP contribution in [0.1, 0.15) is 35.9 Å². The molecule has 1 saturated heterocycles. The normalized spacial score (nSPS) is 17.9. The monoisotopic (exact) mass is 250 g/mol. The zero-order valence-corrected chi connectivity index (χ0v) is 11.5. The maximum Gasteiger partial charge on any atom is 0.257 e. The van der Waals surface area contributed by atoms with Gasteiger partial charge in [0.25, 0.3) is 5.91 Å². The minimum absolute atomic E-state index is 0.0798. The van der Waals surface area contributed by atoms with Crippen LogP contribution in [-0.4, -0.2) is 48.4 Å². The molecule has 2 rings (SSSR count). The Morgan fingerprint density at radius 3 is 2.67 bits per heavy atom. The third-order valence-corrected chi connectivity index (χ3v) is 3.96. The Labute approximate surface area is 109 Å². The maximum absolute atomic E-state index is 12.3. The number of hydrogen-bond donors (Lipinski definition) is 0. The van der Waals surface area contributed by atoms with E-state index in [0.29, 0.717) is 17.4 Å². The van der Waals surface area contributed by atoms with E-state index in [1.54, 1.807) is 12.3 Å². The molecule has 1 aliphatic rings. The average molecular weight is 250 g/mol. The van der Waals surface area contributed by atoms with Gasteiger partial charge in [0.2, 0.25) is 0 Å². The van der Waals surface area contributed by atoms with E-state index in [4.69, 9.17) is 4.42 Å². The van der Waals surface area contributed by atoms with Crippen molar-refractivity contribution in [3.8, 4) is 0 Å². The van der Waals surface area contributed by atoms with Crippen molar-refractivity contribution in [2.24, 2.45) is 0 Å². The molecule has 0 spiro atoms. The largest absolute Gasteiger partial charge is 0.469 e. The highest BCUT2D eigenvalue weighted by Gasteiger charge is 2.26. The van der Waals surface area contributed by atoms with Gasteiger partial charge in [-0.3, -0.25) is 4.79 Å². The fraction of sp³-hybridized carbons (Fsp3) is 0.643. The number of rotatable bonds is 3.